The standard InChI is InChI=1S/C24H29N3O5/c1-23(2,3)25-20(28)18-16-32-24(27(18)21(29)17-8-5-4-6-9-17)11-13-26(14-12-24)22(30)19-10-7-15-31-19/h4-10,15,18H,11-14,16H2,1-3H3,(H,25,28)/t18-/m1/s1. The van der Waals surface area contributed by atoms with Gasteiger partial charge in [0.05, 0.1) is 12.9 Å². The summed E-state index contributed by atoms with van der Waals surface area (Å²) in [5.74, 6) is -0.394. The topological polar surface area (TPSA) is 92.1 Å². The Kier molecular flexibility index (Phi) is 5.81. The number of nitrogens with zero attached hydrogens (tertiary/aromatic N) is 2. The molecule has 1 aromatic heterocycles. The largest absolute Gasteiger partial charge is 0.459 e. The smallest absolute Gasteiger partial charge is 0.289 e. The number of amides is 3. The number of hydrogen-bond acceptors (Lipinski definition) is 5. The second-order valence-electron chi connectivity index (χ2n) is 9.32. The van der Waals surface area contributed by atoms with Gasteiger partial charge in [-0.3, -0.25) is 19.3 Å². The van der Waals surface area contributed by atoms with Gasteiger partial charge in [0, 0.05) is 37.0 Å². The van der Waals surface area contributed by atoms with Crippen molar-refractivity contribution in [3.63, 3.8) is 0 Å². The van der Waals surface area contributed by atoms with Crippen LogP contribution in [0.25, 0.3) is 0 Å². The van der Waals surface area contributed by atoms with E-state index in [0.717, 1.165) is 0 Å². The highest BCUT2D eigenvalue weighted by Crippen LogP contribution is 2.39. The molecule has 1 N–H and O–H groups in total. The first-order chi connectivity index (χ1) is 15.2. The minimum Gasteiger partial charge on any atom is -0.459 e. The van der Waals surface area contributed by atoms with Crippen molar-refractivity contribution in [2.75, 3.05) is 19.7 Å². The molecule has 0 saturated carbocycles. The molecular weight excluding hydrogens is 410 g/mol. The maximum atomic E-state index is 13.6. The lowest BCUT2D eigenvalue weighted by Gasteiger charge is -2.44. The Morgan fingerprint density at radius 1 is 1.00 bits per heavy atom. The maximum Gasteiger partial charge on any atom is 0.289 e. The highest BCUT2D eigenvalue weighted by Gasteiger charge is 2.54. The van der Waals surface area contributed by atoms with Crippen LogP contribution in [-0.2, 0) is 9.53 Å². The number of hydrogen-bond donors (Lipinski definition) is 1. The molecule has 0 radical (unpaired) electrons. The number of likely N-dealkylation sites (tertiary alicyclic amines) is 1. The second-order valence-corrected chi connectivity index (χ2v) is 9.32. The number of nitrogens with one attached hydrogen (secondary N) is 1. The van der Waals surface area contributed by atoms with Gasteiger partial charge in [0.1, 0.15) is 11.8 Å². The van der Waals surface area contributed by atoms with Crippen LogP contribution in [0, 0.1) is 0 Å². The maximum absolute atomic E-state index is 13.6. The van der Waals surface area contributed by atoms with Gasteiger partial charge in [-0.2, -0.15) is 0 Å². The molecule has 2 fully saturated rings. The average Bonchev–Trinajstić information content (AvgIpc) is 3.42. The first kappa shape index (κ1) is 22.1. The molecule has 32 heavy (non-hydrogen) atoms. The quantitative estimate of drug-likeness (QED) is 0.794. The minimum absolute atomic E-state index is 0.118. The number of benzene rings is 1. The van der Waals surface area contributed by atoms with Crippen LogP contribution in [0.3, 0.4) is 0 Å². The van der Waals surface area contributed by atoms with Crippen LogP contribution in [0.15, 0.2) is 53.1 Å². The van der Waals surface area contributed by atoms with E-state index in [1.165, 1.54) is 6.26 Å². The predicted octanol–water partition coefficient (Wildman–Crippen LogP) is 2.67. The summed E-state index contributed by atoms with van der Waals surface area (Å²) in [7, 11) is 0. The van der Waals surface area contributed by atoms with Gasteiger partial charge in [-0.25, -0.2) is 0 Å². The van der Waals surface area contributed by atoms with E-state index in [2.05, 4.69) is 5.32 Å². The monoisotopic (exact) mass is 439 g/mol. The Morgan fingerprint density at radius 2 is 1.69 bits per heavy atom. The molecule has 2 aromatic rings. The van der Waals surface area contributed by atoms with Crippen molar-refractivity contribution in [2.45, 2.75) is 50.9 Å². The molecule has 1 aromatic carbocycles. The Hall–Kier alpha value is -3.13. The fourth-order valence-corrected chi connectivity index (χ4v) is 4.35. The summed E-state index contributed by atoms with van der Waals surface area (Å²) in [6, 6.07) is 11.5. The van der Waals surface area contributed by atoms with E-state index in [1.807, 2.05) is 26.8 Å². The molecule has 1 spiro atoms. The molecule has 2 saturated heterocycles. The van der Waals surface area contributed by atoms with E-state index in [1.54, 1.807) is 46.2 Å². The van der Waals surface area contributed by atoms with Crippen LogP contribution in [0.2, 0.25) is 0 Å². The molecule has 0 bridgehead atoms. The van der Waals surface area contributed by atoms with Gasteiger partial charge in [-0.15, -0.1) is 0 Å². The van der Waals surface area contributed by atoms with Gasteiger partial charge < -0.3 is 19.4 Å². The third-order valence-electron chi connectivity index (χ3n) is 5.86. The van der Waals surface area contributed by atoms with Gasteiger partial charge in [0.15, 0.2) is 5.76 Å². The molecule has 8 heteroatoms. The molecule has 0 unspecified atom stereocenters. The highest BCUT2D eigenvalue weighted by molar-refractivity contribution is 5.98. The van der Waals surface area contributed by atoms with Crippen molar-refractivity contribution in [1.82, 2.24) is 15.1 Å². The fourth-order valence-electron chi connectivity index (χ4n) is 4.35. The van der Waals surface area contributed by atoms with Crippen LogP contribution < -0.4 is 5.32 Å². The first-order valence-corrected chi connectivity index (χ1v) is 10.9. The zero-order valence-electron chi connectivity index (χ0n) is 18.7. The van der Waals surface area contributed by atoms with Crippen molar-refractivity contribution < 1.29 is 23.5 Å². The third-order valence-corrected chi connectivity index (χ3v) is 5.86. The molecule has 1 atom stereocenters. The number of carbonyl (C=O) groups is 3. The number of carbonyl (C=O) groups excluding carboxylic acids is 3. The van der Waals surface area contributed by atoms with E-state index in [4.69, 9.17) is 9.15 Å². The summed E-state index contributed by atoms with van der Waals surface area (Å²) in [5, 5.41) is 2.98. The first-order valence-electron chi connectivity index (χ1n) is 10.9. The predicted molar refractivity (Wildman–Crippen MR) is 117 cm³/mol. The molecule has 3 amide bonds. The molecule has 4 rings (SSSR count). The van der Waals surface area contributed by atoms with Crippen LogP contribution in [0.5, 0.6) is 0 Å². The Balaban J connectivity index is 1.58. The molecule has 3 heterocycles. The van der Waals surface area contributed by atoms with Crippen molar-refractivity contribution in [3.05, 3.63) is 60.1 Å². The van der Waals surface area contributed by atoms with Gasteiger partial charge in [0.2, 0.25) is 5.91 Å². The van der Waals surface area contributed by atoms with E-state index in [-0.39, 0.29) is 30.1 Å². The van der Waals surface area contributed by atoms with Crippen molar-refractivity contribution in [3.8, 4) is 0 Å². The van der Waals surface area contributed by atoms with Crippen LogP contribution >= 0.6 is 0 Å². The Morgan fingerprint density at radius 3 is 2.28 bits per heavy atom. The molecule has 170 valence electrons. The summed E-state index contributed by atoms with van der Waals surface area (Å²) in [5.41, 5.74) is -0.875. The van der Waals surface area contributed by atoms with Crippen LogP contribution in [0.1, 0.15) is 54.5 Å². The van der Waals surface area contributed by atoms with Crippen molar-refractivity contribution >= 4 is 17.7 Å². The summed E-state index contributed by atoms with van der Waals surface area (Å²) in [6.07, 6.45) is 2.30. The normalized spacial score (nSPS) is 20.4. The molecule has 2 aliphatic rings. The van der Waals surface area contributed by atoms with Crippen LogP contribution in [0.4, 0.5) is 0 Å². The molecule has 8 nitrogen and oxygen atoms in total. The lowest BCUT2D eigenvalue weighted by atomic mass is 9.96. The summed E-state index contributed by atoms with van der Waals surface area (Å²) >= 11 is 0. The SMILES string of the molecule is CC(C)(C)NC(=O)[C@H]1COC2(CCN(C(=O)c3ccco3)CC2)N1C(=O)c1ccccc1. The molecule has 2 aliphatic heterocycles. The number of piperidine rings is 1. The van der Waals surface area contributed by atoms with Crippen LogP contribution in [-0.4, -0.2) is 64.5 Å². The lowest BCUT2D eigenvalue weighted by molar-refractivity contribution is -0.129. The van der Waals surface area contributed by atoms with Gasteiger partial charge in [-0.05, 0) is 45.0 Å². The van der Waals surface area contributed by atoms with Crippen molar-refractivity contribution in [1.29, 1.82) is 0 Å². The third kappa shape index (κ3) is 4.27. The van der Waals surface area contributed by atoms with Crippen molar-refractivity contribution in [2.24, 2.45) is 0 Å². The van der Waals surface area contributed by atoms with Gasteiger partial charge in [-0.1, -0.05) is 18.2 Å². The number of furan rings is 1. The molecule has 0 aliphatic carbocycles. The second kappa shape index (κ2) is 8.43. The van der Waals surface area contributed by atoms with Gasteiger partial charge >= 0.3 is 0 Å². The van der Waals surface area contributed by atoms with E-state index >= 15 is 0 Å². The summed E-state index contributed by atoms with van der Waals surface area (Å²) in [4.78, 5) is 42.6. The van der Waals surface area contributed by atoms with E-state index < -0.39 is 17.3 Å². The summed E-state index contributed by atoms with van der Waals surface area (Å²) in [6.45, 7) is 6.61. The molecular formula is C24H29N3O5. The lowest BCUT2D eigenvalue weighted by Crippen LogP contribution is -2.60. The van der Waals surface area contributed by atoms with Gasteiger partial charge in [0.25, 0.3) is 11.8 Å². The van der Waals surface area contributed by atoms with E-state index in [0.29, 0.717) is 31.5 Å². The fraction of sp³-hybridized carbons (Fsp3) is 0.458. The summed E-state index contributed by atoms with van der Waals surface area (Å²) < 4.78 is 11.4. The minimum atomic E-state index is -0.938. The zero-order valence-corrected chi connectivity index (χ0v) is 18.7. The zero-order chi connectivity index (χ0) is 22.9. The average molecular weight is 440 g/mol. The number of rotatable bonds is 3. The van der Waals surface area contributed by atoms with E-state index in [9.17, 15) is 14.4 Å². The number of ether oxygens (including phenoxy) is 1. The Bertz CT molecular complexity index is 973. The Labute approximate surface area is 187 Å². The highest BCUT2D eigenvalue weighted by atomic mass is 16.5.